The quantitative estimate of drug-likeness (QED) is 0.391. The lowest BCUT2D eigenvalue weighted by Gasteiger charge is -2.05. The summed E-state index contributed by atoms with van der Waals surface area (Å²) in [5.74, 6) is -0.439. The largest absolute Gasteiger partial charge is 0.399 e. The summed E-state index contributed by atoms with van der Waals surface area (Å²) in [6.07, 6.45) is 0. The van der Waals surface area contributed by atoms with Crippen molar-refractivity contribution in [2.75, 3.05) is 5.73 Å². The Bertz CT molecular complexity index is 800. The van der Waals surface area contributed by atoms with Gasteiger partial charge in [-0.15, -0.1) is 0 Å². The number of amides is 1. The Labute approximate surface area is 133 Å². The van der Waals surface area contributed by atoms with E-state index in [1.165, 1.54) is 18.2 Å². The first-order chi connectivity index (χ1) is 10.9. The molecule has 0 heterocycles. The summed E-state index contributed by atoms with van der Waals surface area (Å²) >= 11 is 0. The number of aryl methyl sites for hydroxylation is 1. The minimum atomic E-state index is -0.487. The van der Waals surface area contributed by atoms with E-state index in [0.29, 0.717) is 22.5 Å². The van der Waals surface area contributed by atoms with Crippen molar-refractivity contribution in [1.29, 1.82) is 0 Å². The molecule has 0 atom stereocenters. The van der Waals surface area contributed by atoms with Crippen LogP contribution in [0.4, 0.5) is 11.4 Å². The Morgan fingerprint density at radius 1 is 1.22 bits per heavy atom. The maximum Gasteiger partial charge on any atom is 0.272 e. The van der Waals surface area contributed by atoms with Gasteiger partial charge in [-0.2, -0.15) is 5.10 Å². The standard InChI is InChI=1S/C16H16N4O3/c1-10-8-13(6-7-15(10)20(22)23)16(21)19-18-11(2)12-4-3-5-14(17)9-12/h3-9H,17H2,1-2H3,(H,19,21). The molecule has 0 aliphatic heterocycles. The third kappa shape index (κ3) is 3.91. The van der Waals surface area contributed by atoms with Gasteiger partial charge in [0.05, 0.1) is 10.6 Å². The third-order valence-electron chi connectivity index (χ3n) is 3.29. The van der Waals surface area contributed by atoms with E-state index in [0.717, 1.165) is 5.56 Å². The number of nitro groups is 1. The van der Waals surface area contributed by atoms with Crippen LogP contribution < -0.4 is 11.2 Å². The van der Waals surface area contributed by atoms with Crippen molar-refractivity contribution >= 4 is 23.0 Å². The van der Waals surface area contributed by atoms with Gasteiger partial charge < -0.3 is 5.73 Å². The SMILES string of the molecule is CC(=NNC(=O)c1ccc([N+](=O)[O-])c(C)c1)c1cccc(N)c1. The average molecular weight is 312 g/mol. The van der Waals surface area contributed by atoms with E-state index in [1.54, 1.807) is 32.0 Å². The van der Waals surface area contributed by atoms with Crippen LogP contribution >= 0.6 is 0 Å². The second-order valence-electron chi connectivity index (χ2n) is 5.02. The summed E-state index contributed by atoms with van der Waals surface area (Å²) in [5.41, 5.74) is 10.8. The number of nitrogens with one attached hydrogen (secondary N) is 1. The van der Waals surface area contributed by atoms with Crippen molar-refractivity contribution in [1.82, 2.24) is 5.43 Å². The highest BCUT2D eigenvalue weighted by Gasteiger charge is 2.13. The molecule has 0 fully saturated rings. The van der Waals surface area contributed by atoms with Gasteiger partial charge >= 0.3 is 0 Å². The topological polar surface area (TPSA) is 111 Å². The molecule has 0 aliphatic rings. The van der Waals surface area contributed by atoms with Gasteiger partial charge in [0.25, 0.3) is 11.6 Å². The van der Waals surface area contributed by atoms with Crippen LogP contribution in [0.3, 0.4) is 0 Å². The van der Waals surface area contributed by atoms with Gasteiger partial charge in [-0.25, -0.2) is 5.43 Å². The van der Waals surface area contributed by atoms with Crippen LogP contribution in [-0.4, -0.2) is 16.5 Å². The molecule has 0 saturated carbocycles. The maximum atomic E-state index is 12.1. The van der Waals surface area contributed by atoms with Crippen molar-refractivity contribution in [2.45, 2.75) is 13.8 Å². The summed E-state index contributed by atoms with van der Waals surface area (Å²) in [7, 11) is 0. The van der Waals surface area contributed by atoms with Crippen LogP contribution in [0.2, 0.25) is 0 Å². The van der Waals surface area contributed by atoms with Gasteiger partial charge in [0.2, 0.25) is 0 Å². The summed E-state index contributed by atoms with van der Waals surface area (Å²) in [6, 6.07) is 11.3. The van der Waals surface area contributed by atoms with Gasteiger partial charge in [-0.1, -0.05) is 12.1 Å². The van der Waals surface area contributed by atoms with Gasteiger partial charge in [-0.05, 0) is 43.7 Å². The number of nitrogen functional groups attached to an aromatic ring is 1. The number of rotatable bonds is 4. The van der Waals surface area contributed by atoms with Gasteiger partial charge in [0.1, 0.15) is 0 Å². The lowest BCUT2D eigenvalue weighted by molar-refractivity contribution is -0.385. The third-order valence-corrected chi connectivity index (χ3v) is 3.29. The molecule has 0 aromatic heterocycles. The number of hydrazone groups is 1. The summed E-state index contributed by atoms with van der Waals surface area (Å²) in [5, 5.41) is 14.8. The molecule has 2 rings (SSSR count). The number of hydrogen-bond donors (Lipinski definition) is 2. The molecule has 2 aromatic rings. The number of nitro benzene ring substituents is 1. The number of carbonyl (C=O) groups is 1. The molecule has 0 bridgehead atoms. The van der Waals surface area contributed by atoms with Gasteiger partial charge in [0.15, 0.2) is 0 Å². The molecule has 1 amide bonds. The van der Waals surface area contributed by atoms with Crippen molar-refractivity contribution in [3.63, 3.8) is 0 Å². The first-order valence-corrected chi connectivity index (χ1v) is 6.84. The fraction of sp³-hybridized carbons (Fsp3) is 0.125. The Balaban J connectivity index is 2.14. The number of hydrogen-bond acceptors (Lipinski definition) is 5. The summed E-state index contributed by atoms with van der Waals surface area (Å²) < 4.78 is 0. The predicted molar refractivity (Wildman–Crippen MR) is 88.4 cm³/mol. The highest BCUT2D eigenvalue weighted by molar-refractivity contribution is 6.01. The monoisotopic (exact) mass is 312 g/mol. The van der Waals surface area contributed by atoms with E-state index in [-0.39, 0.29) is 5.69 Å². The van der Waals surface area contributed by atoms with Crippen molar-refractivity contribution in [3.8, 4) is 0 Å². The van der Waals surface area contributed by atoms with E-state index in [9.17, 15) is 14.9 Å². The molecule has 118 valence electrons. The predicted octanol–water partition coefficient (Wildman–Crippen LogP) is 2.64. The van der Waals surface area contributed by atoms with E-state index in [1.807, 2.05) is 6.07 Å². The molecule has 2 aromatic carbocycles. The number of anilines is 1. The fourth-order valence-corrected chi connectivity index (χ4v) is 2.03. The zero-order chi connectivity index (χ0) is 17.0. The lowest BCUT2D eigenvalue weighted by atomic mass is 10.1. The molecular weight excluding hydrogens is 296 g/mol. The second-order valence-corrected chi connectivity index (χ2v) is 5.02. The Kier molecular flexibility index (Phi) is 4.70. The molecule has 7 heteroatoms. The van der Waals surface area contributed by atoms with Gasteiger partial charge in [0, 0.05) is 22.9 Å². The molecule has 3 N–H and O–H groups in total. The number of carbonyl (C=O) groups excluding carboxylic acids is 1. The van der Waals surface area contributed by atoms with Crippen LogP contribution in [0.1, 0.15) is 28.4 Å². The van der Waals surface area contributed by atoms with Crippen LogP contribution in [0, 0.1) is 17.0 Å². The van der Waals surface area contributed by atoms with Crippen LogP contribution in [0.25, 0.3) is 0 Å². The average Bonchev–Trinajstić information content (AvgIpc) is 2.51. The first kappa shape index (κ1) is 16.2. The Morgan fingerprint density at radius 3 is 2.57 bits per heavy atom. The molecule has 0 unspecified atom stereocenters. The number of nitrogens with zero attached hydrogens (tertiary/aromatic N) is 2. The zero-order valence-electron chi connectivity index (χ0n) is 12.7. The highest BCUT2D eigenvalue weighted by atomic mass is 16.6. The molecule has 0 saturated heterocycles. The number of nitrogens with two attached hydrogens (primary N) is 1. The highest BCUT2D eigenvalue weighted by Crippen LogP contribution is 2.18. The summed E-state index contributed by atoms with van der Waals surface area (Å²) in [6.45, 7) is 3.33. The summed E-state index contributed by atoms with van der Waals surface area (Å²) in [4.78, 5) is 22.4. The zero-order valence-corrected chi connectivity index (χ0v) is 12.7. The van der Waals surface area contributed by atoms with Crippen molar-refractivity contribution in [3.05, 3.63) is 69.3 Å². The van der Waals surface area contributed by atoms with E-state index < -0.39 is 10.8 Å². The van der Waals surface area contributed by atoms with Crippen LogP contribution in [0.15, 0.2) is 47.6 Å². The minimum absolute atomic E-state index is 0.0269. The van der Waals surface area contributed by atoms with E-state index in [2.05, 4.69) is 10.5 Å². The van der Waals surface area contributed by atoms with E-state index >= 15 is 0 Å². The van der Waals surface area contributed by atoms with Crippen LogP contribution in [0.5, 0.6) is 0 Å². The maximum absolute atomic E-state index is 12.1. The molecule has 0 radical (unpaired) electrons. The Morgan fingerprint density at radius 2 is 1.96 bits per heavy atom. The van der Waals surface area contributed by atoms with Crippen molar-refractivity contribution in [2.24, 2.45) is 5.10 Å². The van der Waals surface area contributed by atoms with Gasteiger partial charge in [-0.3, -0.25) is 14.9 Å². The lowest BCUT2D eigenvalue weighted by Crippen LogP contribution is -2.19. The molecule has 0 spiro atoms. The smallest absolute Gasteiger partial charge is 0.272 e. The minimum Gasteiger partial charge on any atom is -0.399 e. The van der Waals surface area contributed by atoms with Crippen molar-refractivity contribution < 1.29 is 9.72 Å². The van der Waals surface area contributed by atoms with E-state index in [4.69, 9.17) is 5.73 Å². The normalized spacial score (nSPS) is 11.1. The first-order valence-electron chi connectivity index (χ1n) is 6.84. The second kappa shape index (κ2) is 6.69. The molecule has 23 heavy (non-hydrogen) atoms. The fourth-order valence-electron chi connectivity index (χ4n) is 2.03. The number of benzene rings is 2. The van der Waals surface area contributed by atoms with Crippen LogP contribution in [-0.2, 0) is 0 Å². The Hall–Kier alpha value is -3.22. The molecule has 0 aliphatic carbocycles. The molecular formula is C16H16N4O3. The molecule has 7 nitrogen and oxygen atoms in total.